The largest absolute Gasteiger partial charge is 0.481 e. The predicted octanol–water partition coefficient (Wildman–Crippen LogP) is 1.69. The number of ether oxygens (including phenoxy) is 1. The highest BCUT2D eigenvalue weighted by molar-refractivity contribution is 5.99. The van der Waals surface area contributed by atoms with Crippen molar-refractivity contribution in [3.63, 3.8) is 0 Å². The maximum absolute atomic E-state index is 12.4. The van der Waals surface area contributed by atoms with E-state index in [2.05, 4.69) is 0 Å². The Morgan fingerprint density at radius 1 is 1.40 bits per heavy atom. The van der Waals surface area contributed by atoms with Crippen LogP contribution in [0.4, 0.5) is 0 Å². The molecular weight excluding hydrogens is 258 g/mol. The Labute approximate surface area is 117 Å². The second kappa shape index (κ2) is 3.98. The van der Waals surface area contributed by atoms with E-state index in [1.165, 1.54) is 4.90 Å². The van der Waals surface area contributed by atoms with E-state index in [-0.39, 0.29) is 11.8 Å². The first-order valence-corrected chi connectivity index (χ1v) is 6.66. The van der Waals surface area contributed by atoms with Crippen LogP contribution in [-0.2, 0) is 9.59 Å². The maximum atomic E-state index is 12.4. The first-order valence-electron chi connectivity index (χ1n) is 6.66. The summed E-state index contributed by atoms with van der Waals surface area (Å²) in [7, 11) is 1.61. The molecule has 1 amide bonds. The van der Waals surface area contributed by atoms with Gasteiger partial charge in [0.05, 0.1) is 0 Å². The Hall–Kier alpha value is -2.04. The Kier molecular flexibility index (Phi) is 2.58. The first kappa shape index (κ1) is 13.0. The van der Waals surface area contributed by atoms with E-state index >= 15 is 0 Å². The van der Waals surface area contributed by atoms with E-state index in [1.807, 2.05) is 38.1 Å². The second-order valence-electron chi connectivity index (χ2n) is 5.72. The molecule has 106 valence electrons. The Balaban J connectivity index is 2.24. The monoisotopic (exact) mass is 275 g/mol. The molecule has 0 spiro atoms. The quantitative estimate of drug-likeness (QED) is 0.792. The van der Waals surface area contributed by atoms with Crippen LogP contribution >= 0.6 is 0 Å². The van der Waals surface area contributed by atoms with E-state index in [0.717, 1.165) is 5.56 Å². The Morgan fingerprint density at radius 2 is 2.05 bits per heavy atom. The number of amides is 1. The molecule has 0 saturated carbocycles. The molecule has 5 nitrogen and oxygen atoms in total. The van der Waals surface area contributed by atoms with Crippen molar-refractivity contribution >= 4 is 11.9 Å². The van der Waals surface area contributed by atoms with Crippen LogP contribution < -0.4 is 4.74 Å². The number of hydrogen-bond acceptors (Lipinski definition) is 3. The molecule has 1 aromatic carbocycles. The number of piperidine rings is 1. The molecule has 1 N–H and O–H groups in total. The summed E-state index contributed by atoms with van der Waals surface area (Å²) in [5.74, 6) is -2.29. The minimum atomic E-state index is -1.07. The summed E-state index contributed by atoms with van der Waals surface area (Å²) >= 11 is 0. The summed E-state index contributed by atoms with van der Waals surface area (Å²) in [5, 5.41) is 9.48. The van der Waals surface area contributed by atoms with E-state index in [0.29, 0.717) is 5.75 Å². The zero-order chi connectivity index (χ0) is 14.7. The summed E-state index contributed by atoms with van der Waals surface area (Å²) in [6, 6.07) is 7.38. The number of para-hydroxylation sites is 1. The zero-order valence-electron chi connectivity index (χ0n) is 11.7. The molecule has 5 heteroatoms. The van der Waals surface area contributed by atoms with E-state index in [4.69, 9.17) is 4.74 Å². The molecule has 1 saturated heterocycles. The molecule has 1 aromatic rings. The lowest BCUT2D eigenvalue weighted by Gasteiger charge is -2.55. The number of rotatable bonds is 1. The number of carboxylic acid groups (broad SMARTS) is 1. The van der Waals surface area contributed by atoms with Crippen molar-refractivity contribution in [1.29, 1.82) is 0 Å². The van der Waals surface area contributed by atoms with Crippen molar-refractivity contribution in [2.45, 2.75) is 25.5 Å². The molecule has 2 aliphatic rings. The number of fused-ring (bicyclic) bond motifs is 4. The van der Waals surface area contributed by atoms with Crippen LogP contribution in [0, 0.1) is 11.8 Å². The molecule has 0 aliphatic carbocycles. The van der Waals surface area contributed by atoms with E-state index in [1.54, 1.807) is 7.05 Å². The summed E-state index contributed by atoms with van der Waals surface area (Å²) < 4.78 is 6.03. The highest BCUT2D eigenvalue weighted by Gasteiger charge is 2.59. The van der Waals surface area contributed by atoms with Crippen LogP contribution in [0.5, 0.6) is 5.75 Å². The molecule has 0 aromatic heterocycles. The van der Waals surface area contributed by atoms with Crippen LogP contribution in [0.2, 0.25) is 0 Å². The third-order valence-electron chi connectivity index (χ3n) is 4.87. The highest BCUT2D eigenvalue weighted by atomic mass is 16.5. The summed E-state index contributed by atoms with van der Waals surface area (Å²) in [4.78, 5) is 25.4. The third kappa shape index (κ3) is 1.43. The number of nitrogens with zero attached hydrogens (tertiary/aromatic N) is 1. The molecule has 0 unspecified atom stereocenters. The van der Waals surface area contributed by atoms with Gasteiger partial charge in [0.25, 0.3) is 0 Å². The molecule has 20 heavy (non-hydrogen) atoms. The lowest BCUT2D eigenvalue weighted by atomic mass is 9.67. The number of carbonyl (C=O) groups excluding carboxylic acids is 1. The topological polar surface area (TPSA) is 66.8 Å². The van der Waals surface area contributed by atoms with Gasteiger partial charge in [0, 0.05) is 18.9 Å². The van der Waals surface area contributed by atoms with Crippen molar-refractivity contribution in [3.8, 4) is 5.75 Å². The normalized spacial score (nSPS) is 35.2. The van der Waals surface area contributed by atoms with Gasteiger partial charge in [0.15, 0.2) is 5.72 Å². The molecule has 2 heterocycles. The SMILES string of the molecule is C[C@@H]1[C@@H]2c3ccccc3O[C@]1(C)N(C)C(=O)[C@@H]2C(=O)O. The van der Waals surface area contributed by atoms with Crippen molar-refractivity contribution in [2.75, 3.05) is 7.05 Å². The minimum Gasteiger partial charge on any atom is -0.481 e. The van der Waals surface area contributed by atoms with Gasteiger partial charge in [-0.05, 0) is 18.6 Å². The molecule has 1 fully saturated rings. The lowest BCUT2D eigenvalue weighted by molar-refractivity contribution is -0.188. The third-order valence-corrected chi connectivity index (χ3v) is 4.87. The summed E-state index contributed by atoms with van der Waals surface area (Å²) in [5.41, 5.74) is 0.00789. The van der Waals surface area contributed by atoms with E-state index in [9.17, 15) is 14.7 Å². The van der Waals surface area contributed by atoms with Crippen molar-refractivity contribution in [2.24, 2.45) is 11.8 Å². The molecule has 2 aliphatic heterocycles. The second-order valence-corrected chi connectivity index (χ2v) is 5.72. The van der Waals surface area contributed by atoms with Gasteiger partial charge in [-0.25, -0.2) is 0 Å². The van der Waals surface area contributed by atoms with Gasteiger partial charge in [-0.1, -0.05) is 25.1 Å². The van der Waals surface area contributed by atoms with Gasteiger partial charge in [-0.2, -0.15) is 0 Å². The number of likely N-dealkylation sites (tertiary alicyclic amines) is 1. The Morgan fingerprint density at radius 3 is 2.70 bits per heavy atom. The van der Waals surface area contributed by atoms with Crippen molar-refractivity contribution in [3.05, 3.63) is 29.8 Å². The van der Waals surface area contributed by atoms with Crippen molar-refractivity contribution in [1.82, 2.24) is 4.90 Å². The van der Waals surface area contributed by atoms with Crippen LogP contribution in [-0.4, -0.2) is 34.7 Å². The molecular formula is C15H17NO4. The summed E-state index contributed by atoms with van der Waals surface area (Å²) in [6.45, 7) is 3.79. The van der Waals surface area contributed by atoms with Crippen LogP contribution in [0.3, 0.4) is 0 Å². The first-order chi connectivity index (χ1) is 9.38. The number of hydrogen-bond donors (Lipinski definition) is 1. The molecule has 0 radical (unpaired) electrons. The number of aliphatic carboxylic acids is 1. The fraction of sp³-hybridized carbons (Fsp3) is 0.467. The standard InChI is InChI=1S/C15H17NO4/c1-8-11-9-6-4-5-7-10(9)20-15(8,2)16(3)13(17)12(11)14(18)19/h4-8,11-12H,1-3H3,(H,18,19)/t8-,11-,12-,15+/m1/s1. The predicted molar refractivity (Wildman–Crippen MR) is 71.3 cm³/mol. The van der Waals surface area contributed by atoms with Gasteiger partial charge < -0.3 is 14.7 Å². The van der Waals surface area contributed by atoms with Gasteiger partial charge in [-0.15, -0.1) is 0 Å². The van der Waals surface area contributed by atoms with Gasteiger partial charge in [-0.3, -0.25) is 9.59 Å². The smallest absolute Gasteiger partial charge is 0.316 e. The van der Waals surface area contributed by atoms with Crippen LogP contribution in [0.1, 0.15) is 25.3 Å². The fourth-order valence-corrected chi connectivity index (χ4v) is 3.45. The fourth-order valence-electron chi connectivity index (χ4n) is 3.45. The zero-order valence-corrected chi connectivity index (χ0v) is 11.7. The van der Waals surface area contributed by atoms with E-state index < -0.39 is 23.5 Å². The average molecular weight is 275 g/mol. The van der Waals surface area contributed by atoms with Crippen molar-refractivity contribution < 1.29 is 19.4 Å². The van der Waals surface area contributed by atoms with Gasteiger partial charge in [0.1, 0.15) is 11.7 Å². The van der Waals surface area contributed by atoms with Gasteiger partial charge >= 0.3 is 5.97 Å². The van der Waals surface area contributed by atoms with Crippen LogP contribution in [0.15, 0.2) is 24.3 Å². The number of benzene rings is 1. The Bertz CT molecular complexity index is 599. The minimum absolute atomic E-state index is 0.0961. The number of carbonyl (C=O) groups is 2. The molecule has 3 rings (SSSR count). The molecule has 4 atom stereocenters. The van der Waals surface area contributed by atoms with Crippen LogP contribution in [0.25, 0.3) is 0 Å². The lowest BCUT2D eigenvalue weighted by Crippen LogP contribution is -2.66. The van der Waals surface area contributed by atoms with Gasteiger partial charge in [0.2, 0.25) is 5.91 Å². The average Bonchev–Trinajstić information content (AvgIpc) is 2.40. The summed E-state index contributed by atoms with van der Waals surface area (Å²) in [6.07, 6.45) is 0. The maximum Gasteiger partial charge on any atom is 0.316 e. The molecule has 2 bridgehead atoms. The highest BCUT2D eigenvalue weighted by Crippen LogP contribution is 2.52. The number of carboxylic acids is 1.